The maximum absolute atomic E-state index is 10.8. The van der Waals surface area contributed by atoms with Gasteiger partial charge in [-0.25, -0.2) is 0 Å². The van der Waals surface area contributed by atoms with Crippen LogP contribution in [0.5, 0.6) is 0 Å². The largest absolute Gasteiger partial charge is 0.295 e. The van der Waals surface area contributed by atoms with E-state index >= 15 is 0 Å². The highest BCUT2D eigenvalue weighted by Gasteiger charge is 2.01. The second-order valence-corrected chi connectivity index (χ2v) is 5.21. The van der Waals surface area contributed by atoms with Crippen molar-refractivity contribution in [3.8, 4) is 0 Å². The molecule has 1 unspecified atom stereocenters. The standard InChI is InChI=1S/C15H26O/c1-12(2)9-10-13(3)7-6-8-14(4)11-15(5)16/h6,8,11-13H,7,9-10H2,1-5H3. The molecule has 0 saturated carbocycles. The highest BCUT2D eigenvalue weighted by Crippen LogP contribution is 2.15. The molecule has 0 saturated heterocycles. The van der Waals surface area contributed by atoms with E-state index in [4.69, 9.17) is 0 Å². The van der Waals surface area contributed by atoms with Crippen LogP contribution in [0.25, 0.3) is 0 Å². The first-order chi connectivity index (χ1) is 7.41. The van der Waals surface area contributed by atoms with Gasteiger partial charge in [0, 0.05) is 0 Å². The van der Waals surface area contributed by atoms with Crippen molar-refractivity contribution in [2.75, 3.05) is 0 Å². The van der Waals surface area contributed by atoms with Gasteiger partial charge >= 0.3 is 0 Å². The number of hydrogen-bond acceptors (Lipinski definition) is 1. The van der Waals surface area contributed by atoms with E-state index < -0.39 is 0 Å². The van der Waals surface area contributed by atoms with Gasteiger partial charge in [-0.05, 0) is 43.8 Å². The van der Waals surface area contributed by atoms with Gasteiger partial charge in [-0.15, -0.1) is 0 Å². The van der Waals surface area contributed by atoms with Gasteiger partial charge in [0.15, 0.2) is 5.78 Å². The number of carbonyl (C=O) groups excluding carboxylic acids is 1. The van der Waals surface area contributed by atoms with Crippen LogP contribution < -0.4 is 0 Å². The Morgan fingerprint density at radius 2 is 1.75 bits per heavy atom. The van der Waals surface area contributed by atoms with Crippen molar-refractivity contribution in [2.24, 2.45) is 11.8 Å². The number of ketones is 1. The summed E-state index contributed by atoms with van der Waals surface area (Å²) in [4.78, 5) is 10.8. The van der Waals surface area contributed by atoms with Gasteiger partial charge in [0.25, 0.3) is 0 Å². The average molecular weight is 222 g/mol. The first-order valence-corrected chi connectivity index (χ1v) is 6.27. The van der Waals surface area contributed by atoms with Crippen LogP contribution in [0.3, 0.4) is 0 Å². The molecule has 1 nitrogen and oxygen atoms in total. The van der Waals surface area contributed by atoms with Crippen LogP contribution in [0, 0.1) is 11.8 Å². The maximum Gasteiger partial charge on any atom is 0.152 e. The summed E-state index contributed by atoms with van der Waals surface area (Å²) in [5, 5.41) is 0. The first-order valence-electron chi connectivity index (χ1n) is 6.27. The maximum atomic E-state index is 10.8. The molecule has 0 fully saturated rings. The van der Waals surface area contributed by atoms with Crippen LogP contribution in [0.4, 0.5) is 0 Å². The molecule has 0 rings (SSSR count). The minimum absolute atomic E-state index is 0.120. The lowest BCUT2D eigenvalue weighted by Crippen LogP contribution is -1.96. The summed E-state index contributed by atoms with van der Waals surface area (Å²) in [6.07, 6.45) is 9.60. The molecule has 1 heteroatoms. The summed E-state index contributed by atoms with van der Waals surface area (Å²) in [6, 6.07) is 0. The predicted molar refractivity (Wildman–Crippen MR) is 71.4 cm³/mol. The van der Waals surface area contributed by atoms with Crippen molar-refractivity contribution in [1.29, 1.82) is 0 Å². The molecule has 0 amide bonds. The van der Waals surface area contributed by atoms with E-state index in [1.54, 1.807) is 13.0 Å². The second-order valence-electron chi connectivity index (χ2n) is 5.21. The van der Waals surface area contributed by atoms with Gasteiger partial charge in [-0.1, -0.05) is 45.8 Å². The molecule has 0 aliphatic carbocycles. The van der Waals surface area contributed by atoms with Gasteiger partial charge in [-0.3, -0.25) is 4.79 Å². The fraction of sp³-hybridized carbons (Fsp3) is 0.667. The van der Waals surface area contributed by atoms with Crippen LogP contribution in [0.1, 0.15) is 53.9 Å². The number of allylic oxidation sites excluding steroid dienone is 4. The molecular formula is C15H26O. The van der Waals surface area contributed by atoms with Gasteiger partial charge in [0.2, 0.25) is 0 Å². The molecule has 0 aromatic heterocycles. The van der Waals surface area contributed by atoms with Crippen LogP contribution in [-0.2, 0) is 4.79 Å². The van der Waals surface area contributed by atoms with Crippen LogP contribution in [-0.4, -0.2) is 5.78 Å². The van der Waals surface area contributed by atoms with E-state index in [0.717, 1.165) is 23.8 Å². The molecule has 0 radical (unpaired) electrons. The van der Waals surface area contributed by atoms with Gasteiger partial charge in [0.1, 0.15) is 0 Å². The molecule has 0 aliphatic heterocycles. The molecular weight excluding hydrogens is 196 g/mol. The monoisotopic (exact) mass is 222 g/mol. The van der Waals surface area contributed by atoms with E-state index in [-0.39, 0.29) is 5.78 Å². The molecule has 0 aromatic rings. The minimum Gasteiger partial charge on any atom is -0.295 e. The Morgan fingerprint density at radius 3 is 2.25 bits per heavy atom. The number of rotatable bonds is 7. The number of hydrogen-bond donors (Lipinski definition) is 0. The highest BCUT2D eigenvalue weighted by molar-refractivity contribution is 5.88. The van der Waals surface area contributed by atoms with Crippen molar-refractivity contribution >= 4 is 5.78 Å². The SMILES string of the molecule is CC(=O)C=C(C)C=CCC(C)CCC(C)C. The molecule has 0 bridgehead atoms. The van der Waals surface area contributed by atoms with E-state index in [9.17, 15) is 4.79 Å². The Bertz CT molecular complexity index is 259. The van der Waals surface area contributed by atoms with E-state index in [1.807, 2.05) is 13.0 Å². The third kappa shape index (κ3) is 9.70. The third-order valence-electron chi connectivity index (χ3n) is 2.59. The smallest absolute Gasteiger partial charge is 0.152 e. The Morgan fingerprint density at radius 1 is 1.12 bits per heavy atom. The molecule has 0 spiro atoms. The topological polar surface area (TPSA) is 17.1 Å². The van der Waals surface area contributed by atoms with Crippen molar-refractivity contribution in [3.63, 3.8) is 0 Å². The lowest BCUT2D eigenvalue weighted by atomic mass is 9.96. The van der Waals surface area contributed by atoms with Gasteiger partial charge in [-0.2, -0.15) is 0 Å². The summed E-state index contributed by atoms with van der Waals surface area (Å²) in [5.41, 5.74) is 1.04. The fourth-order valence-electron chi connectivity index (χ4n) is 1.59. The summed E-state index contributed by atoms with van der Waals surface area (Å²) in [6.45, 7) is 10.4. The van der Waals surface area contributed by atoms with Gasteiger partial charge < -0.3 is 0 Å². The average Bonchev–Trinajstić information content (AvgIpc) is 2.13. The summed E-state index contributed by atoms with van der Waals surface area (Å²) < 4.78 is 0. The Balaban J connectivity index is 3.86. The van der Waals surface area contributed by atoms with Crippen LogP contribution >= 0.6 is 0 Å². The van der Waals surface area contributed by atoms with Crippen LogP contribution in [0.15, 0.2) is 23.8 Å². The zero-order valence-corrected chi connectivity index (χ0v) is 11.4. The Hall–Kier alpha value is -0.850. The zero-order valence-electron chi connectivity index (χ0n) is 11.4. The fourth-order valence-corrected chi connectivity index (χ4v) is 1.59. The van der Waals surface area contributed by atoms with Crippen molar-refractivity contribution < 1.29 is 4.79 Å². The lowest BCUT2D eigenvalue weighted by molar-refractivity contribution is -0.112. The van der Waals surface area contributed by atoms with E-state index in [2.05, 4.69) is 26.8 Å². The van der Waals surface area contributed by atoms with Crippen LogP contribution in [0.2, 0.25) is 0 Å². The molecule has 16 heavy (non-hydrogen) atoms. The molecule has 1 atom stereocenters. The lowest BCUT2D eigenvalue weighted by Gasteiger charge is -2.10. The summed E-state index contributed by atoms with van der Waals surface area (Å²) >= 11 is 0. The van der Waals surface area contributed by atoms with Crippen molar-refractivity contribution in [3.05, 3.63) is 23.8 Å². The molecule has 92 valence electrons. The van der Waals surface area contributed by atoms with Crippen molar-refractivity contribution in [2.45, 2.75) is 53.9 Å². The Kier molecular flexibility index (Phi) is 7.88. The van der Waals surface area contributed by atoms with Gasteiger partial charge in [0.05, 0.1) is 0 Å². The molecule has 0 aromatic carbocycles. The van der Waals surface area contributed by atoms with E-state index in [1.165, 1.54) is 12.8 Å². The summed E-state index contributed by atoms with van der Waals surface area (Å²) in [5.74, 6) is 1.66. The van der Waals surface area contributed by atoms with Crippen molar-refractivity contribution in [1.82, 2.24) is 0 Å². The van der Waals surface area contributed by atoms with E-state index in [0.29, 0.717) is 0 Å². The number of carbonyl (C=O) groups is 1. The summed E-state index contributed by atoms with van der Waals surface area (Å²) in [7, 11) is 0. The zero-order chi connectivity index (χ0) is 12.6. The second kappa shape index (κ2) is 8.32. The molecule has 0 N–H and O–H groups in total. The minimum atomic E-state index is 0.120. The normalized spacial score (nSPS) is 14.8. The predicted octanol–water partition coefficient (Wildman–Crippen LogP) is 4.54. The quantitative estimate of drug-likeness (QED) is 0.456. The molecule has 0 aliphatic rings. The highest BCUT2D eigenvalue weighted by atomic mass is 16.1. The molecule has 0 heterocycles. The first kappa shape index (κ1) is 15.2. The third-order valence-corrected chi connectivity index (χ3v) is 2.59. The Labute approximate surface area is 101 Å².